The van der Waals surface area contributed by atoms with Crippen LogP contribution in [0.15, 0.2) is 11.5 Å². The van der Waals surface area contributed by atoms with E-state index in [1.54, 1.807) is 6.33 Å². The molecule has 1 heterocycles. The van der Waals surface area contributed by atoms with E-state index in [1.165, 1.54) is 11.8 Å². The van der Waals surface area contributed by atoms with Crippen molar-refractivity contribution in [3.63, 3.8) is 0 Å². The first-order chi connectivity index (χ1) is 10.2. The SMILES string of the molecule is CCn1cnnc1SCC(=O)NC1(C#N)CCCCCC1. The van der Waals surface area contributed by atoms with Crippen LogP contribution in [0.1, 0.15) is 45.4 Å². The van der Waals surface area contributed by atoms with Gasteiger partial charge in [-0.3, -0.25) is 4.79 Å². The zero-order chi connectivity index (χ0) is 15.1. The lowest BCUT2D eigenvalue weighted by atomic mass is 9.92. The highest BCUT2D eigenvalue weighted by Crippen LogP contribution is 2.27. The molecule has 2 rings (SSSR count). The summed E-state index contributed by atoms with van der Waals surface area (Å²) in [5.74, 6) is 0.163. The Morgan fingerprint density at radius 3 is 2.81 bits per heavy atom. The van der Waals surface area contributed by atoms with Crippen LogP contribution in [0.25, 0.3) is 0 Å². The molecule has 6 nitrogen and oxygen atoms in total. The maximum atomic E-state index is 12.1. The van der Waals surface area contributed by atoms with Gasteiger partial charge in [0.05, 0.1) is 11.8 Å². The van der Waals surface area contributed by atoms with Gasteiger partial charge in [-0.1, -0.05) is 37.4 Å². The van der Waals surface area contributed by atoms with Gasteiger partial charge < -0.3 is 9.88 Å². The largest absolute Gasteiger partial charge is 0.337 e. The lowest BCUT2D eigenvalue weighted by Gasteiger charge is -2.26. The van der Waals surface area contributed by atoms with Crippen molar-refractivity contribution in [3.05, 3.63) is 6.33 Å². The number of nitrogens with zero attached hydrogens (tertiary/aromatic N) is 4. The maximum absolute atomic E-state index is 12.1. The smallest absolute Gasteiger partial charge is 0.231 e. The fourth-order valence-corrected chi connectivity index (χ4v) is 3.38. The summed E-state index contributed by atoms with van der Waals surface area (Å²) in [4.78, 5) is 12.1. The van der Waals surface area contributed by atoms with Crippen LogP contribution in [0.4, 0.5) is 0 Å². The van der Waals surface area contributed by atoms with Gasteiger partial charge in [0, 0.05) is 6.54 Å². The van der Waals surface area contributed by atoms with Gasteiger partial charge in [0.25, 0.3) is 0 Å². The highest BCUT2D eigenvalue weighted by atomic mass is 32.2. The van der Waals surface area contributed by atoms with Crippen molar-refractivity contribution in [1.29, 1.82) is 5.26 Å². The Kier molecular flexibility index (Phi) is 5.62. The fraction of sp³-hybridized carbons (Fsp3) is 0.714. The molecular weight excluding hydrogens is 286 g/mol. The third-order valence-corrected chi connectivity index (χ3v) is 4.78. The topological polar surface area (TPSA) is 83.6 Å². The van der Waals surface area contributed by atoms with Crippen LogP contribution >= 0.6 is 11.8 Å². The fourth-order valence-electron chi connectivity index (χ4n) is 2.60. The molecule has 0 atom stereocenters. The Morgan fingerprint density at radius 1 is 1.48 bits per heavy atom. The molecule has 0 saturated heterocycles. The van der Waals surface area contributed by atoms with Crippen molar-refractivity contribution >= 4 is 17.7 Å². The summed E-state index contributed by atoms with van der Waals surface area (Å²) in [5.41, 5.74) is -0.674. The van der Waals surface area contributed by atoms with E-state index in [2.05, 4.69) is 21.6 Å². The molecule has 1 N–H and O–H groups in total. The molecule has 7 heteroatoms. The number of nitriles is 1. The molecular formula is C14H21N5OS. The van der Waals surface area contributed by atoms with Crippen molar-refractivity contribution in [2.24, 2.45) is 0 Å². The number of thioether (sulfide) groups is 1. The highest BCUT2D eigenvalue weighted by molar-refractivity contribution is 7.99. The molecule has 0 spiro atoms. The van der Waals surface area contributed by atoms with Gasteiger partial charge in [-0.2, -0.15) is 5.26 Å². The van der Waals surface area contributed by atoms with Crippen molar-refractivity contribution in [1.82, 2.24) is 20.1 Å². The summed E-state index contributed by atoms with van der Waals surface area (Å²) in [6.45, 7) is 2.78. The second kappa shape index (κ2) is 7.46. The molecule has 1 aliphatic carbocycles. The molecule has 1 aliphatic rings. The van der Waals surface area contributed by atoms with Crippen LogP contribution < -0.4 is 5.32 Å². The Balaban J connectivity index is 1.90. The molecule has 0 radical (unpaired) electrons. The zero-order valence-electron chi connectivity index (χ0n) is 12.3. The van der Waals surface area contributed by atoms with Crippen molar-refractivity contribution in [2.75, 3.05) is 5.75 Å². The summed E-state index contributed by atoms with van der Waals surface area (Å²) in [6.07, 6.45) is 7.47. The first kappa shape index (κ1) is 15.8. The van der Waals surface area contributed by atoms with Crippen LogP contribution in [0, 0.1) is 11.3 Å². The highest BCUT2D eigenvalue weighted by Gasteiger charge is 2.32. The third-order valence-electron chi connectivity index (χ3n) is 3.80. The Morgan fingerprint density at radius 2 is 2.19 bits per heavy atom. The molecule has 0 aromatic carbocycles. The van der Waals surface area contributed by atoms with E-state index in [4.69, 9.17) is 0 Å². The number of carbonyl (C=O) groups is 1. The third kappa shape index (κ3) is 4.21. The lowest BCUT2D eigenvalue weighted by molar-refractivity contribution is -0.120. The van der Waals surface area contributed by atoms with Gasteiger partial charge in [0.1, 0.15) is 11.9 Å². The van der Waals surface area contributed by atoms with Gasteiger partial charge in [0.2, 0.25) is 5.91 Å². The summed E-state index contributed by atoms with van der Waals surface area (Å²) < 4.78 is 1.89. The quantitative estimate of drug-likeness (QED) is 0.665. The second-order valence-corrected chi connectivity index (χ2v) is 6.29. The lowest BCUT2D eigenvalue weighted by Crippen LogP contribution is -2.47. The van der Waals surface area contributed by atoms with Crippen LogP contribution in [0.2, 0.25) is 0 Å². The maximum Gasteiger partial charge on any atom is 0.231 e. The van der Waals surface area contributed by atoms with Gasteiger partial charge in [-0.15, -0.1) is 10.2 Å². The molecule has 1 aromatic rings. The summed E-state index contributed by atoms with van der Waals surface area (Å²) in [7, 11) is 0. The Bertz CT molecular complexity index is 514. The number of rotatable bonds is 5. The molecule has 0 bridgehead atoms. The summed E-state index contributed by atoms with van der Waals surface area (Å²) in [6, 6.07) is 2.33. The molecule has 1 fully saturated rings. The van der Waals surface area contributed by atoms with Crippen LogP contribution in [-0.4, -0.2) is 32.0 Å². The van der Waals surface area contributed by atoms with E-state index in [1.807, 2.05) is 11.5 Å². The van der Waals surface area contributed by atoms with E-state index < -0.39 is 5.54 Å². The van der Waals surface area contributed by atoms with E-state index in [0.29, 0.717) is 0 Å². The van der Waals surface area contributed by atoms with Gasteiger partial charge in [-0.05, 0) is 19.8 Å². The van der Waals surface area contributed by atoms with E-state index in [9.17, 15) is 10.1 Å². The number of nitrogens with one attached hydrogen (secondary N) is 1. The van der Waals surface area contributed by atoms with Crippen molar-refractivity contribution < 1.29 is 4.79 Å². The number of aromatic nitrogens is 3. The number of amides is 1. The Hall–Kier alpha value is -1.55. The molecule has 0 aliphatic heterocycles. The van der Waals surface area contributed by atoms with Crippen LogP contribution in [0.3, 0.4) is 0 Å². The monoisotopic (exact) mass is 307 g/mol. The normalized spacial score (nSPS) is 17.7. The van der Waals surface area contributed by atoms with Crippen molar-refractivity contribution in [3.8, 4) is 6.07 Å². The van der Waals surface area contributed by atoms with Gasteiger partial charge in [0.15, 0.2) is 5.16 Å². The summed E-state index contributed by atoms with van der Waals surface area (Å²) >= 11 is 1.36. The van der Waals surface area contributed by atoms with Crippen LogP contribution in [0.5, 0.6) is 0 Å². The second-order valence-electron chi connectivity index (χ2n) is 5.34. The molecule has 1 amide bonds. The zero-order valence-corrected chi connectivity index (χ0v) is 13.2. The number of aryl methyl sites for hydroxylation is 1. The first-order valence-corrected chi connectivity index (χ1v) is 8.40. The van der Waals surface area contributed by atoms with E-state index >= 15 is 0 Å². The molecule has 1 aromatic heterocycles. The minimum absolute atomic E-state index is 0.103. The number of carbonyl (C=O) groups excluding carboxylic acids is 1. The molecule has 1 saturated carbocycles. The van der Waals surface area contributed by atoms with Crippen molar-refractivity contribution in [2.45, 2.75) is 62.7 Å². The van der Waals surface area contributed by atoms with Gasteiger partial charge >= 0.3 is 0 Å². The van der Waals surface area contributed by atoms with E-state index in [-0.39, 0.29) is 11.7 Å². The number of hydrogen-bond donors (Lipinski definition) is 1. The molecule has 114 valence electrons. The van der Waals surface area contributed by atoms with E-state index in [0.717, 1.165) is 50.2 Å². The molecule has 21 heavy (non-hydrogen) atoms. The molecule has 0 unspecified atom stereocenters. The predicted molar refractivity (Wildman–Crippen MR) is 80.6 cm³/mol. The van der Waals surface area contributed by atoms with Gasteiger partial charge in [-0.25, -0.2) is 0 Å². The van der Waals surface area contributed by atoms with Crippen LogP contribution in [-0.2, 0) is 11.3 Å². The standard InChI is InChI=1S/C14H21N5OS/c1-2-19-11-16-18-13(19)21-9-12(20)17-14(10-15)7-5-3-4-6-8-14/h11H,2-9H2,1H3,(H,17,20). The summed E-state index contributed by atoms with van der Waals surface area (Å²) in [5, 5.41) is 21.0. The minimum atomic E-state index is -0.674. The average Bonchev–Trinajstić information content (AvgIpc) is 2.83. The minimum Gasteiger partial charge on any atom is -0.337 e. The predicted octanol–water partition coefficient (Wildman–Crippen LogP) is 2.12. The first-order valence-electron chi connectivity index (χ1n) is 7.42. The number of hydrogen-bond acceptors (Lipinski definition) is 5. The Labute approximate surface area is 129 Å². The average molecular weight is 307 g/mol.